The Balaban J connectivity index is 1.38. The third kappa shape index (κ3) is 3.20. The fourth-order valence-electron chi connectivity index (χ4n) is 4.66. The van der Waals surface area contributed by atoms with Crippen molar-refractivity contribution in [2.45, 2.75) is 44.7 Å². The molecule has 4 heterocycles. The van der Waals surface area contributed by atoms with Crippen molar-refractivity contribution in [3.05, 3.63) is 36.4 Å². The lowest BCUT2D eigenvalue weighted by atomic mass is 10.2. The lowest BCUT2D eigenvalue weighted by Gasteiger charge is -2.18. The third-order valence-electron chi connectivity index (χ3n) is 6.27. The lowest BCUT2D eigenvalue weighted by Crippen LogP contribution is -2.22. The smallest absolute Gasteiger partial charge is 0.229 e. The summed E-state index contributed by atoms with van der Waals surface area (Å²) in [5, 5.41) is 3.41. The van der Waals surface area contributed by atoms with Crippen LogP contribution in [0, 0.1) is 0 Å². The summed E-state index contributed by atoms with van der Waals surface area (Å²) >= 11 is 0. The van der Waals surface area contributed by atoms with Crippen molar-refractivity contribution < 1.29 is 4.79 Å². The van der Waals surface area contributed by atoms with E-state index in [0.29, 0.717) is 30.2 Å². The molecule has 31 heavy (non-hydrogen) atoms. The number of aromatic amines is 1. The number of ketones is 1. The van der Waals surface area contributed by atoms with Crippen LogP contribution < -0.4 is 10.2 Å². The minimum Gasteiger partial charge on any atom is -0.361 e. The molecule has 9 nitrogen and oxygen atoms in total. The van der Waals surface area contributed by atoms with Crippen LogP contribution in [0.5, 0.6) is 0 Å². The standard InChI is InChI=1S/C22H24N8O/c31-17-9-5-8-16(17)30-13-24-19-20(27-22(28-21(19)30)29-10-3-4-11-29)23-12-18-25-14-6-1-2-7-15(14)26-18/h1-2,6-7,13,16H,3-5,8-12H2,(H,25,26)(H,23,27,28). The van der Waals surface area contributed by atoms with Gasteiger partial charge in [0, 0.05) is 19.5 Å². The molecule has 0 bridgehead atoms. The first-order valence-electron chi connectivity index (χ1n) is 11.0. The number of hydrogen-bond acceptors (Lipinski definition) is 7. The summed E-state index contributed by atoms with van der Waals surface area (Å²) in [7, 11) is 0. The molecule has 2 aliphatic rings. The highest BCUT2D eigenvalue weighted by Gasteiger charge is 2.29. The van der Waals surface area contributed by atoms with E-state index in [-0.39, 0.29) is 11.8 Å². The summed E-state index contributed by atoms with van der Waals surface area (Å²) in [5.41, 5.74) is 3.37. The minimum absolute atomic E-state index is 0.172. The number of para-hydroxylation sites is 2. The van der Waals surface area contributed by atoms with Crippen molar-refractivity contribution in [2.24, 2.45) is 0 Å². The zero-order valence-corrected chi connectivity index (χ0v) is 17.2. The number of benzene rings is 1. The Bertz CT molecular complexity index is 1240. The maximum absolute atomic E-state index is 12.4. The average molecular weight is 416 g/mol. The van der Waals surface area contributed by atoms with Gasteiger partial charge in [-0.3, -0.25) is 4.79 Å². The molecule has 1 aliphatic heterocycles. The monoisotopic (exact) mass is 416 g/mol. The highest BCUT2D eigenvalue weighted by Crippen LogP contribution is 2.32. The Morgan fingerprint density at radius 2 is 1.97 bits per heavy atom. The van der Waals surface area contributed by atoms with Gasteiger partial charge in [-0.2, -0.15) is 9.97 Å². The van der Waals surface area contributed by atoms with Crippen LogP contribution in [0.15, 0.2) is 30.6 Å². The maximum atomic E-state index is 12.4. The van der Waals surface area contributed by atoms with Crippen molar-refractivity contribution in [3.8, 4) is 0 Å². The largest absolute Gasteiger partial charge is 0.361 e. The van der Waals surface area contributed by atoms with Crippen molar-refractivity contribution in [3.63, 3.8) is 0 Å². The van der Waals surface area contributed by atoms with E-state index in [2.05, 4.69) is 25.2 Å². The molecule has 158 valence electrons. The molecule has 0 radical (unpaired) electrons. The fraction of sp³-hybridized carbons (Fsp3) is 0.409. The van der Waals surface area contributed by atoms with Gasteiger partial charge < -0.3 is 19.8 Å². The number of nitrogens with one attached hydrogen (secondary N) is 2. The number of rotatable bonds is 5. The van der Waals surface area contributed by atoms with Gasteiger partial charge in [-0.05, 0) is 37.8 Å². The fourth-order valence-corrected chi connectivity index (χ4v) is 4.66. The Kier molecular flexibility index (Phi) is 4.33. The van der Waals surface area contributed by atoms with E-state index >= 15 is 0 Å². The zero-order valence-electron chi connectivity index (χ0n) is 17.2. The summed E-state index contributed by atoms with van der Waals surface area (Å²) < 4.78 is 1.94. The van der Waals surface area contributed by atoms with Gasteiger partial charge >= 0.3 is 0 Å². The predicted molar refractivity (Wildman–Crippen MR) is 118 cm³/mol. The van der Waals surface area contributed by atoms with Crippen LogP contribution in [0.4, 0.5) is 11.8 Å². The number of H-pyrrole nitrogens is 1. The van der Waals surface area contributed by atoms with E-state index in [0.717, 1.165) is 61.3 Å². The Morgan fingerprint density at radius 1 is 1.10 bits per heavy atom. The van der Waals surface area contributed by atoms with Crippen molar-refractivity contribution in [1.29, 1.82) is 0 Å². The van der Waals surface area contributed by atoms with Crippen molar-refractivity contribution in [2.75, 3.05) is 23.3 Å². The van der Waals surface area contributed by atoms with Gasteiger partial charge in [-0.15, -0.1) is 0 Å². The first kappa shape index (κ1) is 18.3. The van der Waals surface area contributed by atoms with Crippen LogP contribution in [0.25, 0.3) is 22.2 Å². The Morgan fingerprint density at radius 3 is 2.77 bits per heavy atom. The number of carbonyl (C=O) groups is 1. The van der Waals surface area contributed by atoms with E-state index < -0.39 is 0 Å². The van der Waals surface area contributed by atoms with E-state index in [4.69, 9.17) is 9.97 Å². The molecule has 4 aromatic rings. The van der Waals surface area contributed by atoms with Crippen LogP contribution in [-0.4, -0.2) is 48.4 Å². The van der Waals surface area contributed by atoms with E-state index in [1.165, 1.54) is 0 Å². The molecule has 9 heteroatoms. The molecule has 0 amide bonds. The van der Waals surface area contributed by atoms with Gasteiger partial charge in [0.25, 0.3) is 0 Å². The van der Waals surface area contributed by atoms with Gasteiger partial charge in [-0.1, -0.05) is 12.1 Å². The van der Waals surface area contributed by atoms with Gasteiger partial charge in [-0.25, -0.2) is 9.97 Å². The Hall–Kier alpha value is -3.49. The molecule has 1 unspecified atom stereocenters. The molecule has 1 aliphatic carbocycles. The summed E-state index contributed by atoms with van der Waals surface area (Å²) in [5.74, 6) is 2.47. The van der Waals surface area contributed by atoms with E-state index in [1.807, 2.05) is 28.8 Å². The van der Waals surface area contributed by atoms with Gasteiger partial charge in [0.15, 0.2) is 22.8 Å². The highest BCUT2D eigenvalue weighted by molar-refractivity contribution is 5.89. The number of imidazole rings is 2. The van der Waals surface area contributed by atoms with E-state index in [9.17, 15) is 4.79 Å². The second-order valence-corrected chi connectivity index (χ2v) is 8.32. The third-order valence-corrected chi connectivity index (χ3v) is 6.27. The quantitative estimate of drug-likeness (QED) is 0.515. The average Bonchev–Trinajstić information content (AvgIpc) is 3.57. The minimum atomic E-state index is -0.172. The summed E-state index contributed by atoms with van der Waals surface area (Å²) in [6.45, 7) is 2.39. The predicted octanol–water partition coefficient (Wildman–Crippen LogP) is 3.21. The van der Waals surface area contributed by atoms with Crippen LogP contribution >= 0.6 is 0 Å². The highest BCUT2D eigenvalue weighted by atomic mass is 16.1. The lowest BCUT2D eigenvalue weighted by molar-refractivity contribution is -0.120. The van der Waals surface area contributed by atoms with Crippen molar-refractivity contribution in [1.82, 2.24) is 29.5 Å². The molecule has 2 fully saturated rings. The van der Waals surface area contributed by atoms with Crippen LogP contribution in [0.2, 0.25) is 0 Å². The molecule has 6 rings (SSSR count). The molecule has 1 saturated heterocycles. The van der Waals surface area contributed by atoms with Crippen LogP contribution in [0.1, 0.15) is 44.0 Å². The first-order chi connectivity index (χ1) is 15.3. The van der Waals surface area contributed by atoms with Crippen molar-refractivity contribution >= 4 is 39.7 Å². The van der Waals surface area contributed by atoms with Crippen LogP contribution in [-0.2, 0) is 11.3 Å². The normalized spacial score (nSPS) is 19.2. The summed E-state index contributed by atoms with van der Waals surface area (Å²) in [6.07, 6.45) is 6.42. The molecule has 3 aromatic heterocycles. The molecule has 1 saturated carbocycles. The van der Waals surface area contributed by atoms with Crippen LogP contribution in [0.3, 0.4) is 0 Å². The zero-order chi connectivity index (χ0) is 20.8. The van der Waals surface area contributed by atoms with Gasteiger partial charge in [0.2, 0.25) is 5.95 Å². The number of hydrogen-bond donors (Lipinski definition) is 2. The SMILES string of the molecule is O=C1CCCC1n1cnc2c(NCc3nc4ccccc4[nH]3)nc(N3CCCC3)nc21. The van der Waals surface area contributed by atoms with Gasteiger partial charge in [0.05, 0.1) is 29.9 Å². The molecular formula is C22H24N8O. The number of nitrogens with zero attached hydrogens (tertiary/aromatic N) is 6. The second kappa shape index (κ2) is 7.33. The number of Topliss-reactive ketones (excluding diaryl/α,β-unsaturated/α-hetero) is 1. The summed E-state index contributed by atoms with van der Waals surface area (Å²) in [6, 6.07) is 7.80. The topological polar surface area (TPSA) is 105 Å². The molecule has 2 N–H and O–H groups in total. The molecule has 1 atom stereocenters. The number of fused-ring (bicyclic) bond motifs is 2. The number of aromatic nitrogens is 6. The molecular weight excluding hydrogens is 392 g/mol. The number of anilines is 2. The van der Waals surface area contributed by atoms with E-state index in [1.54, 1.807) is 6.33 Å². The second-order valence-electron chi connectivity index (χ2n) is 8.32. The number of carbonyl (C=O) groups excluding carboxylic acids is 1. The molecule has 1 aromatic carbocycles. The first-order valence-corrected chi connectivity index (χ1v) is 11.0. The van der Waals surface area contributed by atoms with Gasteiger partial charge in [0.1, 0.15) is 5.82 Å². The molecule has 0 spiro atoms. The maximum Gasteiger partial charge on any atom is 0.229 e. The summed E-state index contributed by atoms with van der Waals surface area (Å²) in [4.78, 5) is 36.9. The Labute approximate surface area is 178 Å².